The Kier molecular flexibility index (Phi) is 5.76. The molecule has 0 unspecified atom stereocenters. The number of fused-ring (bicyclic) bond motifs is 1. The summed E-state index contributed by atoms with van der Waals surface area (Å²) in [6.45, 7) is 5.51. The number of pyridine rings is 2. The molecule has 0 aliphatic carbocycles. The SMILES string of the molecule is CCOC(=O)c1cc(C#N)c(SCc2cc(=O)n3c(C)cccc3n2)nc1C. The second-order valence-corrected chi connectivity index (χ2v) is 7.01. The third-order valence-corrected chi connectivity index (χ3v) is 5.11. The van der Waals surface area contributed by atoms with Crippen molar-refractivity contribution in [1.82, 2.24) is 14.4 Å². The number of rotatable bonds is 5. The van der Waals surface area contributed by atoms with Crippen molar-refractivity contribution in [3.05, 3.63) is 68.9 Å². The van der Waals surface area contributed by atoms with Crippen LogP contribution in [0.2, 0.25) is 0 Å². The van der Waals surface area contributed by atoms with Crippen molar-refractivity contribution in [3.8, 4) is 6.07 Å². The van der Waals surface area contributed by atoms with Gasteiger partial charge in [0.15, 0.2) is 0 Å². The van der Waals surface area contributed by atoms with E-state index in [1.54, 1.807) is 24.3 Å². The molecular formula is C20H18N4O3S. The molecule has 3 rings (SSSR count). The first-order valence-electron chi connectivity index (χ1n) is 8.64. The van der Waals surface area contributed by atoms with Crippen LogP contribution in [0.1, 0.15) is 39.9 Å². The smallest absolute Gasteiger partial charge is 0.340 e. The lowest BCUT2D eigenvalue weighted by Gasteiger charge is -2.10. The molecule has 3 aromatic heterocycles. The quantitative estimate of drug-likeness (QED) is 0.484. The van der Waals surface area contributed by atoms with E-state index in [0.717, 1.165) is 5.69 Å². The summed E-state index contributed by atoms with van der Waals surface area (Å²) in [5.41, 5.74) is 2.88. The number of hydrogen-bond acceptors (Lipinski definition) is 7. The Morgan fingerprint density at radius 3 is 2.79 bits per heavy atom. The summed E-state index contributed by atoms with van der Waals surface area (Å²) in [5.74, 6) is -0.125. The van der Waals surface area contributed by atoms with Crippen molar-refractivity contribution in [1.29, 1.82) is 5.26 Å². The monoisotopic (exact) mass is 394 g/mol. The second-order valence-electron chi connectivity index (χ2n) is 6.04. The highest BCUT2D eigenvalue weighted by Crippen LogP contribution is 2.26. The maximum Gasteiger partial charge on any atom is 0.340 e. The van der Waals surface area contributed by atoms with E-state index in [2.05, 4.69) is 16.0 Å². The molecule has 0 saturated carbocycles. The minimum Gasteiger partial charge on any atom is -0.462 e. The summed E-state index contributed by atoms with van der Waals surface area (Å²) < 4.78 is 6.55. The predicted octanol–water partition coefficient (Wildman–Crippen LogP) is 3.05. The van der Waals surface area contributed by atoms with E-state index < -0.39 is 5.97 Å². The standard InChI is InChI=1S/C20H18N4O3S/c1-4-27-20(26)16-8-14(10-21)19(22-13(16)3)28-11-15-9-18(25)24-12(2)6-5-7-17(24)23-15/h5-9H,4,11H2,1-3H3. The average Bonchev–Trinajstić information content (AvgIpc) is 2.66. The van der Waals surface area contributed by atoms with Crippen LogP contribution >= 0.6 is 11.8 Å². The molecule has 0 saturated heterocycles. The van der Waals surface area contributed by atoms with Gasteiger partial charge in [-0.25, -0.2) is 14.8 Å². The molecule has 3 aromatic rings. The van der Waals surface area contributed by atoms with Crippen molar-refractivity contribution < 1.29 is 9.53 Å². The highest BCUT2D eigenvalue weighted by molar-refractivity contribution is 7.98. The molecule has 0 spiro atoms. The van der Waals surface area contributed by atoms with E-state index in [4.69, 9.17) is 4.74 Å². The minimum absolute atomic E-state index is 0.152. The lowest BCUT2D eigenvalue weighted by atomic mass is 10.1. The number of ether oxygens (including phenoxy) is 1. The fraction of sp³-hybridized carbons (Fsp3) is 0.250. The number of carbonyl (C=O) groups is 1. The Morgan fingerprint density at radius 2 is 2.07 bits per heavy atom. The topological polar surface area (TPSA) is 97.3 Å². The van der Waals surface area contributed by atoms with Crippen LogP contribution in [0.25, 0.3) is 5.65 Å². The fourth-order valence-electron chi connectivity index (χ4n) is 2.77. The molecule has 142 valence electrons. The van der Waals surface area contributed by atoms with Crippen molar-refractivity contribution >= 4 is 23.4 Å². The summed E-state index contributed by atoms with van der Waals surface area (Å²) in [6, 6.07) is 10.5. The Labute approximate surface area is 166 Å². The maximum atomic E-state index is 12.4. The molecule has 0 N–H and O–H groups in total. The molecular weight excluding hydrogens is 376 g/mol. The predicted molar refractivity (Wildman–Crippen MR) is 105 cm³/mol. The average molecular weight is 394 g/mol. The fourth-order valence-corrected chi connectivity index (χ4v) is 3.66. The number of nitrogens with zero attached hydrogens (tertiary/aromatic N) is 4. The van der Waals surface area contributed by atoms with Crippen molar-refractivity contribution in [2.45, 2.75) is 31.6 Å². The maximum absolute atomic E-state index is 12.4. The molecule has 0 atom stereocenters. The van der Waals surface area contributed by atoms with Crippen LogP contribution in [0.15, 0.2) is 40.2 Å². The molecule has 28 heavy (non-hydrogen) atoms. The van der Waals surface area contributed by atoms with Gasteiger partial charge in [0.05, 0.1) is 29.1 Å². The van der Waals surface area contributed by atoms with E-state index in [1.165, 1.54) is 23.9 Å². The van der Waals surface area contributed by atoms with Gasteiger partial charge in [-0.2, -0.15) is 5.26 Å². The Bertz CT molecular complexity index is 1160. The van der Waals surface area contributed by atoms with Crippen LogP contribution in [-0.2, 0) is 10.5 Å². The number of aromatic nitrogens is 3. The van der Waals surface area contributed by atoms with Crippen LogP contribution < -0.4 is 5.56 Å². The number of hydrogen-bond donors (Lipinski definition) is 0. The van der Waals surface area contributed by atoms with Crippen molar-refractivity contribution in [3.63, 3.8) is 0 Å². The van der Waals surface area contributed by atoms with Crippen molar-refractivity contribution in [2.24, 2.45) is 0 Å². The molecule has 0 aromatic carbocycles. The van der Waals surface area contributed by atoms with Gasteiger partial charge in [0.2, 0.25) is 0 Å². The highest BCUT2D eigenvalue weighted by atomic mass is 32.2. The molecule has 0 radical (unpaired) electrons. The van der Waals surface area contributed by atoms with Gasteiger partial charge in [0.1, 0.15) is 16.7 Å². The summed E-state index contributed by atoms with van der Waals surface area (Å²) in [5, 5.41) is 9.92. The van der Waals surface area contributed by atoms with Crippen LogP contribution in [0.3, 0.4) is 0 Å². The number of esters is 1. The first-order chi connectivity index (χ1) is 13.4. The zero-order valence-electron chi connectivity index (χ0n) is 15.7. The van der Waals surface area contributed by atoms with E-state index in [0.29, 0.717) is 27.8 Å². The third-order valence-electron chi connectivity index (χ3n) is 4.08. The van der Waals surface area contributed by atoms with Gasteiger partial charge < -0.3 is 4.74 Å². The van der Waals surface area contributed by atoms with Crippen LogP contribution in [0.5, 0.6) is 0 Å². The normalized spacial score (nSPS) is 10.6. The molecule has 0 aliphatic rings. The van der Waals surface area contributed by atoms with E-state index in [-0.39, 0.29) is 23.3 Å². The molecule has 8 heteroatoms. The number of nitriles is 1. The molecule has 0 aliphatic heterocycles. The van der Waals surface area contributed by atoms with E-state index in [9.17, 15) is 14.9 Å². The molecule has 0 amide bonds. The largest absolute Gasteiger partial charge is 0.462 e. The van der Waals surface area contributed by atoms with Crippen molar-refractivity contribution in [2.75, 3.05) is 6.61 Å². The first-order valence-corrected chi connectivity index (χ1v) is 9.63. The Morgan fingerprint density at radius 1 is 1.29 bits per heavy atom. The molecule has 0 bridgehead atoms. The van der Waals surface area contributed by atoms with E-state index in [1.807, 2.05) is 19.1 Å². The van der Waals surface area contributed by atoms with Gasteiger partial charge in [-0.05, 0) is 39.0 Å². The van der Waals surface area contributed by atoms with Gasteiger partial charge in [0.25, 0.3) is 5.56 Å². The summed E-state index contributed by atoms with van der Waals surface area (Å²) in [6.07, 6.45) is 0. The summed E-state index contributed by atoms with van der Waals surface area (Å²) in [4.78, 5) is 33.3. The van der Waals surface area contributed by atoms with Gasteiger partial charge in [-0.15, -0.1) is 0 Å². The zero-order chi connectivity index (χ0) is 20.3. The van der Waals surface area contributed by atoms with Gasteiger partial charge >= 0.3 is 5.97 Å². The zero-order valence-corrected chi connectivity index (χ0v) is 16.5. The van der Waals surface area contributed by atoms with Gasteiger partial charge in [0, 0.05) is 17.5 Å². The van der Waals surface area contributed by atoms with Gasteiger partial charge in [-0.1, -0.05) is 17.8 Å². The highest BCUT2D eigenvalue weighted by Gasteiger charge is 2.16. The lowest BCUT2D eigenvalue weighted by Crippen LogP contribution is -2.17. The van der Waals surface area contributed by atoms with Crippen LogP contribution in [0, 0.1) is 25.2 Å². The number of aryl methyl sites for hydroxylation is 2. The van der Waals surface area contributed by atoms with Gasteiger partial charge in [-0.3, -0.25) is 9.20 Å². The molecule has 0 fully saturated rings. The Balaban J connectivity index is 1.90. The Hall–Kier alpha value is -3.18. The van der Waals surface area contributed by atoms with Crippen LogP contribution in [0.4, 0.5) is 0 Å². The minimum atomic E-state index is -0.500. The van der Waals surface area contributed by atoms with Crippen LogP contribution in [-0.4, -0.2) is 26.9 Å². The summed E-state index contributed by atoms with van der Waals surface area (Å²) in [7, 11) is 0. The third kappa shape index (κ3) is 3.89. The number of thioether (sulfide) groups is 1. The molecule has 3 heterocycles. The number of carbonyl (C=O) groups excluding carboxylic acids is 1. The second kappa shape index (κ2) is 8.23. The summed E-state index contributed by atoms with van der Waals surface area (Å²) >= 11 is 1.30. The lowest BCUT2D eigenvalue weighted by molar-refractivity contribution is 0.0524. The van der Waals surface area contributed by atoms with E-state index >= 15 is 0 Å². The first kappa shape index (κ1) is 19.6. The molecule has 7 nitrogen and oxygen atoms in total.